The maximum atomic E-state index is 6.26. The van der Waals surface area contributed by atoms with Crippen molar-refractivity contribution >= 4 is 5.69 Å². The van der Waals surface area contributed by atoms with Gasteiger partial charge in [0.25, 0.3) is 0 Å². The largest absolute Gasteiger partial charge is 0.494 e. The molecule has 2 heterocycles. The van der Waals surface area contributed by atoms with Gasteiger partial charge in [0.2, 0.25) is 0 Å². The number of ether oxygens (including phenoxy) is 1. The van der Waals surface area contributed by atoms with Crippen LogP contribution in [0.2, 0.25) is 0 Å². The van der Waals surface area contributed by atoms with Gasteiger partial charge < -0.3 is 9.64 Å². The highest BCUT2D eigenvalue weighted by Gasteiger charge is 2.37. The summed E-state index contributed by atoms with van der Waals surface area (Å²) in [5.41, 5.74) is 5.34. The van der Waals surface area contributed by atoms with Crippen LogP contribution in [0.1, 0.15) is 145 Å². The topological polar surface area (TPSA) is 15.7 Å². The van der Waals surface area contributed by atoms with Crippen LogP contribution in [0.15, 0.2) is 48.5 Å². The highest BCUT2D eigenvalue weighted by atomic mass is 16.5. The molecule has 268 valence electrons. The Labute approximate surface area is 296 Å². The molecule has 1 saturated carbocycles. The van der Waals surface area contributed by atoms with E-state index in [0.717, 1.165) is 36.0 Å². The van der Waals surface area contributed by atoms with Gasteiger partial charge in [-0.25, -0.2) is 0 Å². The number of likely N-dealkylation sites (tertiary alicyclic amines) is 1. The van der Waals surface area contributed by atoms with E-state index in [2.05, 4.69) is 128 Å². The number of rotatable bonds is 12. The molecule has 0 amide bonds. The van der Waals surface area contributed by atoms with Crippen LogP contribution >= 0.6 is 0 Å². The van der Waals surface area contributed by atoms with Crippen molar-refractivity contribution in [2.45, 2.75) is 150 Å². The van der Waals surface area contributed by atoms with Crippen molar-refractivity contribution in [3.8, 4) is 5.75 Å². The second kappa shape index (κ2) is 15.1. The number of hydrogen-bond donors (Lipinski definition) is 0. The molecule has 2 saturated heterocycles. The van der Waals surface area contributed by atoms with Crippen molar-refractivity contribution in [2.75, 3.05) is 37.7 Å². The van der Waals surface area contributed by atoms with Crippen LogP contribution in [0.5, 0.6) is 5.75 Å². The van der Waals surface area contributed by atoms with E-state index in [0.29, 0.717) is 11.0 Å². The van der Waals surface area contributed by atoms with Crippen LogP contribution in [0.4, 0.5) is 5.69 Å². The van der Waals surface area contributed by atoms with Gasteiger partial charge in [0, 0.05) is 24.3 Å². The summed E-state index contributed by atoms with van der Waals surface area (Å²) >= 11 is 0. The fourth-order valence-electron chi connectivity index (χ4n) is 9.04. The maximum Gasteiger partial charge on any atom is 0.119 e. The predicted molar refractivity (Wildman–Crippen MR) is 208 cm³/mol. The molecule has 3 nitrogen and oxygen atoms in total. The normalized spacial score (nSPS) is 22.5. The number of benzene rings is 2. The molecule has 3 heteroatoms. The van der Waals surface area contributed by atoms with Crippen LogP contribution < -0.4 is 9.64 Å². The lowest BCUT2D eigenvalue weighted by Gasteiger charge is -2.47. The van der Waals surface area contributed by atoms with E-state index in [4.69, 9.17) is 4.74 Å². The van der Waals surface area contributed by atoms with Crippen molar-refractivity contribution in [1.29, 1.82) is 0 Å². The third kappa shape index (κ3) is 10.0. The first-order valence-corrected chi connectivity index (χ1v) is 19.8. The standard InChI is InChI=1S/C45H72N2O/c1-42(2,3)38-11-15-40(16-12-38)46-26-19-34(20-27-46)33-44(7,8)24-25-45(9,10)39-13-17-41(18-14-39)48-30-23-35-31-37(32-35)36-21-28-47(29-22-36)43(4,5)6/h11-18,34-37H,19-33H2,1-10H3. The summed E-state index contributed by atoms with van der Waals surface area (Å²) < 4.78 is 6.26. The minimum atomic E-state index is 0.169. The van der Waals surface area contributed by atoms with E-state index in [1.54, 1.807) is 0 Å². The van der Waals surface area contributed by atoms with Gasteiger partial charge in [-0.1, -0.05) is 72.7 Å². The number of nitrogens with zero attached hydrogens (tertiary/aromatic N) is 2. The molecule has 0 spiro atoms. The zero-order valence-electron chi connectivity index (χ0n) is 32.8. The summed E-state index contributed by atoms with van der Waals surface area (Å²) in [6, 6.07) is 18.4. The van der Waals surface area contributed by atoms with E-state index in [1.165, 1.54) is 107 Å². The van der Waals surface area contributed by atoms with Gasteiger partial charge in [-0.15, -0.1) is 0 Å². The van der Waals surface area contributed by atoms with E-state index in [1.807, 2.05) is 0 Å². The Morgan fingerprint density at radius 1 is 0.625 bits per heavy atom. The van der Waals surface area contributed by atoms with Gasteiger partial charge in [0.1, 0.15) is 5.75 Å². The lowest BCUT2D eigenvalue weighted by Crippen LogP contribution is -2.48. The molecule has 48 heavy (non-hydrogen) atoms. The second-order valence-electron chi connectivity index (χ2n) is 19.7. The highest BCUT2D eigenvalue weighted by Crippen LogP contribution is 2.45. The first-order valence-electron chi connectivity index (χ1n) is 19.8. The first-order chi connectivity index (χ1) is 22.5. The SMILES string of the molecule is CC(C)(CCC(C)(C)c1ccc(OCCC2CC(C3CCN(C(C)(C)C)CC3)C2)cc1)CC1CCN(c2ccc(C(C)(C)C)cc2)CC1. The average Bonchev–Trinajstić information content (AvgIpc) is 3.01. The smallest absolute Gasteiger partial charge is 0.119 e. The maximum absolute atomic E-state index is 6.26. The Morgan fingerprint density at radius 2 is 1.21 bits per heavy atom. The summed E-state index contributed by atoms with van der Waals surface area (Å²) in [5.74, 6) is 4.68. The van der Waals surface area contributed by atoms with E-state index < -0.39 is 0 Å². The minimum absolute atomic E-state index is 0.169. The lowest BCUT2D eigenvalue weighted by atomic mass is 9.65. The zero-order valence-corrected chi connectivity index (χ0v) is 32.8. The monoisotopic (exact) mass is 657 g/mol. The van der Waals surface area contributed by atoms with Gasteiger partial charge >= 0.3 is 0 Å². The Hall–Kier alpha value is -2.00. The number of anilines is 1. The third-order valence-electron chi connectivity index (χ3n) is 12.8. The summed E-state index contributed by atoms with van der Waals surface area (Å²) in [7, 11) is 0. The Bertz CT molecular complexity index is 1260. The highest BCUT2D eigenvalue weighted by molar-refractivity contribution is 5.49. The van der Waals surface area contributed by atoms with Crippen LogP contribution in [-0.4, -0.2) is 43.2 Å². The molecule has 2 aromatic carbocycles. The molecule has 0 radical (unpaired) electrons. The van der Waals surface area contributed by atoms with Gasteiger partial charge in [-0.3, -0.25) is 4.90 Å². The molecule has 1 aliphatic carbocycles. The molecule has 5 rings (SSSR count). The molecule has 3 aliphatic rings. The van der Waals surface area contributed by atoms with Crippen LogP contribution in [0, 0.1) is 29.1 Å². The van der Waals surface area contributed by atoms with Gasteiger partial charge in [0.15, 0.2) is 0 Å². The van der Waals surface area contributed by atoms with E-state index in [9.17, 15) is 0 Å². The molecule has 0 bridgehead atoms. The Balaban J connectivity index is 0.982. The molecule has 0 aromatic heterocycles. The molecule has 0 atom stereocenters. The number of piperidine rings is 2. The molecule has 0 unspecified atom stereocenters. The minimum Gasteiger partial charge on any atom is -0.494 e. The van der Waals surface area contributed by atoms with Crippen LogP contribution in [0.3, 0.4) is 0 Å². The summed E-state index contributed by atoms with van der Waals surface area (Å²) in [4.78, 5) is 5.29. The third-order valence-corrected chi connectivity index (χ3v) is 12.8. The van der Waals surface area contributed by atoms with Crippen molar-refractivity contribution in [3.05, 3.63) is 59.7 Å². The predicted octanol–water partition coefficient (Wildman–Crippen LogP) is 11.7. The fraction of sp³-hybridized carbons (Fsp3) is 0.733. The van der Waals surface area contributed by atoms with Crippen LogP contribution in [0.25, 0.3) is 0 Å². The molecule has 3 fully saturated rings. The quantitative estimate of drug-likeness (QED) is 0.226. The summed E-state index contributed by atoms with van der Waals surface area (Å²) in [6.45, 7) is 29.7. The van der Waals surface area contributed by atoms with Gasteiger partial charge in [-0.2, -0.15) is 0 Å². The first kappa shape index (κ1) is 37.3. The summed E-state index contributed by atoms with van der Waals surface area (Å²) in [6.07, 6.45) is 13.3. The van der Waals surface area contributed by atoms with E-state index >= 15 is 0 Å². The van der Waals surface area contributed by atoms with Crippen molar-refractivity contribution in [2.24, 2.45) is 29.1 Å². The Morgan fingerprint density at radius 3 is 1.77 bits per heavy atom. The lowest BCUT2D eigenvalue weighted by molar-refractivity contribution is 0.0290. The second-order valence-corrected chi connectivity index (χ2v) is 19.7. The Kier molecular flexibility index (Phi) is 11.7. The van der Waals surface area contributed by atoms with E-state index in [-0.39, 0.29) is 10.8 Å². The van der Waals surface area contributed by atoms with Gasteiger partial charge in [0.05, 0.1) is 6.61 Å². The fourth-order valence-corrected chi connectivity index (χ4v) is 9.04. The van der Waals surface area contributed by atoms with Crippen molar-refractivity contribution in [3.63, 3.8) is 0 Å². The summed E-state index contributed by atoms with van der Waals surface area (Å²) in [5, 5.41) is 0. The van der Waals surface area contributed by atoms with Crippen LogP contribution in [-0.2, 0) is 10.8 Å². The zero-order chi connectivity index (χ0) is 34.7. The number of hydrogen-bond acceptors (Lipinski definition) is 3. The molecular weight excluding hydrogens is 585 g/mol. The average molecular weight is 657 g/mol. The van der Waals surface area contributed by atoms with Crippen molar-refractivity contribution < 1.29 is 4.74 Å². The van der Waals surface area contributed by atoms with Crippen molar-refractivity contribution in [1.82, 2.24) is 4.90 Å². The molecule has 0 N–H and O–H groups in total. The molecular formula is C45H72N2O. The molecule has 2 aliphatic heterocycles. The molecule has 2 aromatic rings. The van der Waals surface area contributed by atoms with Gasteiger partial charge in [-0.05, 0) is 173 Å².